The number of carbonyl (C=O) groups is 1. The Kier molecular flexibility index (Phi) is 4.04. The van der Waals surface area contributed by atoms with Gasteiger partial charge in [-0.05, 0) is 59.7 Å². The molecule has 0 spiro atoms. The zero-order valence-electron chi connectivity index (χ0n) is 8.91. The molecule has 1 aliphatic carbocycles. The smallest absolute Gasteiger partial charge is 0.223 e. The van der Waals surface area contributed by atoms with Crippen LogP contribution in [0.15, 0.2) is 24.3 Å². The molecule has 0 unspecified atom stereocenters. The number of carbonyl (C=O) groups excluding carboxylic acids is 1. The Morgan fingerprint density at radius 2 is 2.06 bits per heavy atom. The lowest BCUT2D eigenvalue weighted by Gasteiger charge is -2.06. The van der Waals surface area contributed by atoms with Gasteiger partial charge in [0.25, 0.3) is 0 Å². The molecule has 16 heavy (non-hydrogen) atoms. The van der Waals surface area contributed by atoms with Gasteiger partial charge in [-0.2, -0.15) is 0 Å². The lowest BCUT2D eigenvalue weighted by atomic mass is 10.3. The Labute approximate surface area is 109 Å². The van der Waals surface area contributed by atoms with Crippen molar-refractivity contribution in [3.05, 3.63) is 27.8 Å². The van der Waals surface area contributed by atoms with Crippen LogP contribution in [0.2, 0.25) is 0 Å². The summed E-state index contributed by atoms with van der Waals surface area (Å²) in [5.74, 6) is 0.910. The van der Waals surface area contributed by atoms with Crippen LogP contribution in [0.1, 0.15) is 19.3 Å². The molecule has 1 N–H and O–H groups in total. The summed E-state index contributed by atoms with van der Waals surface area (Å²) in [6, 6.07) is 8.24. The van der Waals surface area contributed by atoms with Gasteiger partial charge in [0.15, 0.2) is 0 Å². The van der Waals surface area contributed by atoms with Crippen LogP contribution >= 0.6 is 22.6 Å². The van der Waals surface area contributed by atoms with Gasteiger partial charge in [-0.15, -0.1) is 0 Å². The van der Waals surface area contributed by atoms with Crippen LogP contribution < -0.4 is 10.1 Å². The summed E-state index contributed by atoms with van der Waals surface area (Å²) in [5, 5.41) is 2.93. The standard InChI is InChI=1S/C12H14INO2/c13-9-1-5-11(6-2-9)16-8-7-12(15)14-10-3-4-10/h1-2,5-6,10H,3-4,7-8H2,(H,14,15). The first-order valence-electron chi connectivity index (χ1n) is 5.42. The van der Waals surface area contributed by atoms with E-state index < -0.39 is 0 Å². The van der Waals surface area contributed by atoms with Crippen LogP contribution in [0.5, 0.6) is 5.75 Å². The minimum absolute atomic E-state index is 0.0908. The van der Waals surface area contributed by atoms with E-state index in [1.165, 1.54) is 3.57 Å². The lowest BCUT2D eigenvalue weighted by Crippen LogP contribution is -2.26. The van der Waals surface area contributed by atoms with Gasteiger partial charge in [0.2, 0.25) is 5.91 Å². The van der Waals surface area contributed by atoms with Crippen LogP contribution in [-0.4, -0.2) is 18.6 Å². The maximum absolute atomic E-state index is 11.3. The molecule has 4 heteroatoms. The Balaban J connectivity index is 1.66. The number of rotatable bonds is 5. The van der Waals surface area contributed by atoms with Gasteiger partial charge in [-0.25, -0.2) is 0 Å². The fourth-order valence-corrected chi connectivity index (χ4v) is 1.68. The van der Waals surface area contributed by atoms with Gasteiger partial charge in [-0.1, -0.05) is 0 Å². The molecule has 0 heterocycles. The number of hydrogen-bond donors (Lipinski definition) is 1. The summed E-state index contributed by atoms with van der Waals surface area (Å²) in [7, 11) is 0. The van der Waals surface area contributed by atoms with Crippen molar-refractivity contribution in [2.75, 3.05) is 6.61 Å². The molecule has 1 saturated carbocycles. The number of amides is 1. The molecular weight excluding hydrogens is 317 g/mol. The highest BCUT2D eigenvalue weighted by molar-refractivity contribution is 14.1. The molecule has 1 fully saturated rings. The largest absolute Gasteiger partial charge is 0.493 e. The second kappa shape index (κ2) is 5.52. The third kappa shape index (κ3) is 4.00. The second-order valence-corrected chi connectivity index (χ2v) is 5.14. The fraction of sp³-hybridized carbons (Fsp3) is 0.417. The molecule has 0 aromatic heterocycles. The van der Waals surface area contributed by atoms with E-state index in [9.17, 15) is 4.79 Å². The van der Waals surface area contributed by atoms with Crippen LogP contribution in [0, 0.1) is 3.57 Å². The summed E-state index contributed by atoms with van der Waals surface area (Å²) in [4.78, 5) is 11.3. The predicted octanol–water partition coefficient (Wildman–Crippen LogP) is 2.34. The highest BCUT2D eigenvalue weighted by atomic mass is 127. The monoisotopic (exact) mass is 331 g/mol. The topological polar surface area (TPSA) is 38.3 Å². The number of hydrogen-bond acceptors (Lipinski definition) is 2. The maximum atomic E-state index is 11.3. The van der Waals surface area contributed by atoms with Crippen molar-refractivity contribution < 1.29 is 9.53 Å². The second-order valence-electron chi connectivity index (χ2n) is 3.89. The van der Waals surface area contributed by atoms with E-state index in [4.69, 9.17) is 4.74 Å². The maximum Gasteiger partial charge on any atom is 0.223 e. The SMILES string of the molecule is O=C(CCOc1ccc(I)cc1)NC1CC1. The molecule has 1 aromatic carbocycles. The number of nitrogens with one attached hydrogen (secondary N) is 1. The molecule has 0 aliphatic heterocycles. The van der Waals surface area contributed by atoms with Gasteiger partial charge in [-0.3, -0.25) is 4.79 Å². The Bertz CT molecular complexity index is 360. The first-order chi connectivity index (χ1) is 7.74. The van der Waals surface area contributed by atoms with E-state index in [0.29, 0.717) is 19.1 Å². The molecular formula is C12H14INO2. The van der Waals surface area contributed by atoms with Crippen molar-refractivity contribution >= 4 is 28.5 Å². The van der Waals surface area contributed by atoms with Crippen molar-refractivity contribution in [2.24, 2.45) is 0 Å². The summed E-state index contributed by atoms with van der Waals surface area (Å²) < 4.78 is 6.65. The van der Waals surface area contributed by atoms with E-state index in [1.807, 2.05) is 24.3 Å². The molecule has 3 nitrogen and oxygen atoms in total. The Morgan fingerprint density at radius 1 is 1.38 bits per heavy atom. The van der Waals surface area contributed by atoms with E-state index in [1.54, 1.807) is 0 Å². The van der Waals surface area contributed by atoms with Crippen LogP contribution in [-0.2, 0) is 4.79 Å². The predicted molar refractivity (Wildman–Crippen MR) is 70.4 cm³/mol. The number of benzene rings is 1. The molecule has 0 radical (unpaired) electrons. The molecule has 0 saturated heterocycles. The minimum Gasteiger partial charge on any atom is -0.493 e. The Hall–Kier alpha value is -0.780. The molecule has 2 rings (SSSR count). The quantitative estimate of drug-likeness (QED) is 0.841. The van der Waals surface area contributed by atoms with Crippen molar-refractivity contribution in [1.29, 1.82) is 0 Å². The zero-order valence-corrected chi connectivity index (χ0v) is 11.1. The number of ether oxygens (including phenoxy) is 1. The summed E-state index contributed by atoms with van der Waals surface area (Å²) in [6.45, 7) is 0.444. The fourth-order valence-electron chi connectivity index (χ4n) is 1.32. The van der Waals surface area contributed by atoms with Gasteiger partial charge < -0.3 is 10.1 Å². The molecule has 86 valence electrons. The summed E-state index contributed by atoms with van der Waals surface area (Å²) in [6.07, 6.45) is 2.69. The minimum atomic E-state index is 0.0908. The van der Waals surface area contributed by atoms with Crippen LogP contribution in [0.3, 0.4) is 0 Å². The van der Waals surface area contributed by atoms with E-state index in [0.717, 1.165) is 18.6 Å². The van der Waals surface area contributed by atoms with Gasteiger partial charge in [0.1, 0.15) is 5.75 Å². The molecule has 1 aliphatic rings. The van der Waals surface area contributed by atoms with Gasteiger partial charge >= 0.3 is 0 Å². The summed E-state index contributed by atoms with van der Waals surface area (Å²) in [5.41, 5.74) is 0. The molecule has 0 atom stereocenters. The van der Waals surface area contributed by atoms with Crippen molar-refractivity contribution in [3.63, 3.8) is 0 Å². The highest BCUT2D eigenvalue weighted by Crippen LogP contribution is 2.18. The van der Waals surface area contributed by atoms with Crippen molar-refractivity contribution in [2.45, 2.75) is 25.3 Å². The first-order valence-corrected chi connectivity index (χ1v) is 6.49. The average molecular weight is 331 g/mol. The van der Waals surface area contributed by atoms with Crippen molar-refractivity contribution in [3.8, 4) is 5.75 Å². The summed E-state index contributed by atoms with van der Waals surface area (Å²) >= 11 is 2.25. The normalized spacial score (nSPS) is 14.6. The number of halogens is 1. The van der Waals surface area contributed by atoms with Crippen LogP contribution in [0.4, 0.5) is 0 Å². The highest BCUT2D eigenvalue weighted by Gasteiger charge is 2.22. The van der Waals surface area contributed by atoms with Gasteiger partial charge in [0, 0.05) is 9.61 Å². The zero-order chi connectivity index (χ0) is 11.4. The molecule has 1 aromatic rings. The van der Waals surface area contributed by atoms with E-state index >= 15 is 0 Å². The Morgan fingerprint density at radius 3 is 2.69 bits per heavy atom. The van der Waals surface area contributed by atoms with E-state index in [2.05, 4.69) is 27.9 Å². The average Bonchev–Trinajstić information content (AvgIpc) is 3.05. The van der Waals surface area contributed by atoms with Crippen molar-refractivity contribution in [1.82, 2.24) is 5.32 Å². The first kappa shape index (κ1) is 11.7. The molecule has 1 amide bonds. The van der Waals surface area contributed by atoms with E-state index in [-0.39, 0.29) is 5.91 Å². The third-order valence-corrected chi connectivity index (χ3v) is 3.07. The third-order valence-electron chi connectivity index (χ3n) is 2.35. The lowest BCUT2D eigenvalue weighted by molar-refractivity contribution is -0.121. The van der Waals surface area contributed by atoms with Gasteiger partial charge in [0.05, 0.1) is 13.0 Å². The molecule has 0 bridgehead atoms. The van der Waals surface area contributed by atoms with Crippen LogP contribution in [0.25, 0.3) is 0 Å².